The summed E-state index contributed by atoms with van der Waals surface area (Å²) in [6.45, 7) is 1.08. The van der Waals surface area contributed by atoms with Crippen LogP contribution in [0.1, 0.15) is 27.2 Å². The van der Waals surface area contributed by atoms with Gasteiger partial charge in [0.1, 0.15) is 5.82 Å². The summed E-state index contributed by atoms with van der Waals surface area (Å²) in [5.74, 6) is 0.802. The summed E-state index contributed by atoms with van der Waals surface area (Å²) in [6, 6.07) is 11.9. The monoisotopic (exact) mass is 442 g/mol. The van der Waals surface area contributed by atoms with Crippen molar-refractivity contribution in [2.75, 3.05) is 6.54 Å². The predicted molar refractivity (Wildman–Crippen MR) is 119 cm³/mol. The van der Waals surface area contributed by atoms with Gasteiger partial charge in [0.05, 0.1) is 23.6 Å². The molecule has 29 heavy (non-hydrogen) atoms. The van der Waals surface area contributed by atoms with Crippen LogP contribution in [0.2, 0.25) is 5.02 Å². The Kier molecular flexibility index (Phi) is 4.81. The van der Waals surface area contributed by atoms with E-state index in [1.165, 1.54) is 15.3 Å². The second-order valence-corrected chi connectivity index (χ2v) is 9.46. The van der Waals surface area contributed by atoms with Crippen LogP contribution in [0.4, 0.5) is 4.79 Å². The smallest absolute Gasteiger partial charge is 0.318 e. The number of urea groups is 1. The van der Waals surface area contributed by atoms with Gasteiger partial charge in [0, 0.05) is 28.4 Å². The molecule has 0 radical (unpaired) electrons. The van der Waals surface area contributed by atoms with Crippen LogP contribution in [0.25, 0.3) is 11.0 Å². The van der Waals surface area contributed by atoms with Gasteiger partial charge < -0.3 is 14.8 Å². The van der Waals surface area contributed by atoms with Crippen LogP contribution in [0.3, 0.4) is 0 Å². The second kappa shape index (κ2) is 7.48. The maximum absolute atomic E-state index is 13.2. The number of imidazole rings is 1. The Morgan fingerprint density at radius 3 is 3.00 bits per heavy atom. The topological polar surface area (TPSA) is 50.2 Å². The second-order valence-electron chi connectivity index (χ2n) is 7.04. The Balaban J connectivity index is 1.38. The third-order valence-corrected chi connectivity index (χ3v) is 7.53. The molecule has 148 valence electrons. The number of hydrogen-bond donors (Lipinski definition) is 1. The van der Waals surface area contributed by atoms with Gasteiger partial charge in [0.25, 0.3) is 0 Å². The number of thiophene rings is 2. The average molecular weight is 443 g/mol. The normalized spacial score (nSPS) is 16.2. The van der Waals surface area contributed by atoms with E-state index in [-0.39, 0.29) is 12.1 Å². The zero-order valence-corrected chi connectivity index (χ0v) is 18.2. The van der Waals surface area contributed by atoms with E-state index in [0.717, 1.165) is 23.3 Å². The lowest BCUT2D eigenvalue weighted by molar-refractivity contribution is 0.181. The largest absolute Gasteiger partial charge is 0.331 e. The molecule has 1 aliphatic heterocycles. The first-order chi connectivity index (χ1) is 14.1. The minimum atomic E-state index is -0.0645. The van der Waals surface area contributed by atoms with E-state index in [9.17, 15) is 4.79 Å². The number of halogens is 1. The van der Waals surface area contributed by atoms with Crippen molar-refractivity contribution >= 4 is 51.3 Å². The van der Waals surface area contributed by atoms with Crippen LogP contribution in [0.15, 0.2) is 47.2 Å². The molecular formula is C21H19ClN4OS2. The SMILES string of the molecule is Cn1c(CNC(=O)N2CCc3sccc3C2c2cccs2)nc2cc(Cl)ccc21. The molecule has 1 atom stereocenters. The number of aryl methyl sites for hydroxylation is 1. The van der Waals surface area contributed by atoms with Gasteiger partial charge in [0.2, 0.25) is 0 Å². The van der Waals surface area contributed by atoms with Crippen molar-refractivity contribution in [3.05, 3.63) is 73.3 Å². The molecule has 0 saturated heterocycles. The fraction of sp³-hybridized carbons (Fsp3) is 0.238. The minimum Gasteiger partial charge on any atom is -0.331 e. The number of carbonyl (C=O) groups is 1. The summed E-state index contributed by atoms with van der Waals surface area (Å²) in [5, 5.41) is 7.92. The Morgan fingerprint density at radius 2 is 2.17 bits per heavy atom. The highest BCUT2D eigenvalue weighted by Gasteiger charge is 2.33. The number of nitrogens with one attached hydrogen (secondary N) is 1. The predicted octanol–water partition coefficient (Wildman–Crippen LogP) is 5.21. The van der Waals surface area contributed by atoms with Crippen molar-refractivity contribution in [2.45, 2.75) is 19.0 Å². The van der Waals surface area contributed by atoms with Gasteiger partial charge in [-0.05, 0) is 53.1 Å². The third-order valence-electron chi connectivity index (χ3n) is 5.37. The Hall–Kier alpha value is -2.35. The lowest BCUT2D eigenvalue weighted by Gasteiger charge is -2.35. The molecule has 5 rings (SSSR count). The van der Waals surface area contributed by atoms with Crippen LogP contribution < -0.4 is 5.32 Å². The molecule has 1 aliphatic rings. The molecule has 2 amide bonds. The lowest BCUT2D eigenvalue weighted by Crippen LogP contribution is -2.45. The Labute approximate surface area is 181 Å². The molecule has 3 aromatic heterocycles. The summed E-state index contributed by atoms with van der Waals surface area (Å²) >= 11 is 9.55. The molecular weight excluding hydrogens is 424 g/mol. The number of nitrogens with zero attached hydrogens (tertiary/aromatic N) is 3. The number of carbonyl (C=O) groups excluding carboxylic acids is 1. The molecule has 0 spiro atoms. The van der Waals surface area contributed by atoms with Crippen molar-refractivity contribution in [3.8, 4) is 0 Å². The highest BCUT2D eigenvalue weighted by molar-refractivity contribution is 7.10. The number of benzene rings is 1. The van der Waals surface area contributed by atoms with Crippen molar-refractivity contribution < 1.29 is 4.79 Å². The minimum absolute atomic E-state index is 0.0238. The first-order valence-corrected chi connectivity index (χ1v) is 11.5. The molecule has 4 aromatic rings. The van der Waals surface area contributed by atoms with E-state index in [1.54, 1.807) is 22.7 Å². The molecule has 4 heterocycles. The number of fused-ring (bicyclic) bond motifs is 2. The van der Waals surface area contributed by atoms with Crippen molar-refractivity contribution in [1.29, 1.82) is 0 Å². The molecule has 1 aromatic carbocycles. The van der Waals surface area contributed by atoms with Crippen molar-refractivity contribution in [3.63, 3.8) is 0 Å². The van der Waals surface area contributed by atoms with E-state index < -0.39 is 0 Å². The van der Waals surface area contributed by atoms with E-state index in [0.29, 0.717) is 18.1 Å². The van der Waals surface area contributed by atoms with Crippen molar-refractivity contribution in [2.24, 2.45) is 7.05 Å². The molecule has 0 fully saturated rings. The summed E-state index contributed by atoms with van der Waals surface area (Å²) < 4.78 is 2.00. The van der Waals surface area contributed by atoms with Gasteiger partial charge in [-0.3, -0.25) is 0 Å². The fourth-order valence-corrected chi connectivity index (χ4v) is 5.85. The van der Waals surface area contributed by atoms with E-state index in [4.69, 9.17) is 11.6 Å². The lowest BCUT2D eigenvalue weighted by atomic mass is 9.99. The van der Waals surface area contributed by atoms with Crippen LogP contribution in [0.5, 0.6) is 0 Å². The molecule has 0 saturated carbocycles. The van der Waals surface area contributed by atoms with Gasteiger partial charge in [-0.2, -0.15) is 0 Å². The molecule has 0 bridgehead atoms. The maximum atomic E-state index is 13.2. The van der Waals surface area contributed by atoms with Crippen LogP contribution in [-0.2, 0) is 20.0 Å². The van der Waals surface area contributed by atoms with Crippen molar-refractivity contribution in [1.82, 2.24) is 19.8 Å². The summed E-state index contributed by atoms with van der Waals surface area (Å²) in [4.78, 5) is 22.3. The van der Waals surface area contributed by atoms with Gasteiger partial charge >= 0.3 is 6.03 Å². The highest BCUT2D eigenvalue weighted by Crippen LogP contribution is 2.39. The van der Waals surface area contributed by atoms with Crippen LogP contribution in [-0.4, -0.2) is 27.0 Å². The molecule has 8 heteroatoms. The van der Waals surface area contributed by atoms with E-state index >= 15 is 0 Å². The molecule has 0 aliphatic carbocycles. The molecule has 1 unspecified atom stereocenters. The van der Waals surface area contributed by atoms with Crippen LogP contribution >= 0.6 is 34.3 Å². The summed E-state index contributed by atoms with van der Waals surface area (Å²) in [7, 11) is 1.96. The number of amides is 2. The zero-order chi connectivity index (χ0) is 20.0. The zero-order valence-electron chi connectivity index (χ0n) is 15.8. The Morgan fingerprint density at radius 1 is 1.28 bits per heavy atom. The van der Waals surface area contributed by atoms with Gasteiger partial charge in [-0.1, -0.05) is 17.7 Å². The van der Waals surface area contributed by atoms with Gasteiger partial charge in [0.15, 0.2) is 0 Å². The average Bonchev–Trinajstić information content (AvgIpc) is 3.46. The highest BCUT2D eigenvalue weighted by atomic mass is 35.5. The Bertz CT molecular complexity index is 1180. The van der Waals surface area contributed by atoms with Gasteiger partial charge in [-0.25, -0.2) is 9.78 Å². The summed E-state index contributed by atoms with van der Waals surface area (Å²) in [5.41, 5.74) is 3.08. The number of rotatable bonds is 3. The van der Waals surface area contributed by atoms with Crippen LogP contribution in [0, 0.1) is 0 Å². The fourth-order valence-electron chi connectivity index (χ4n) is 3.93. The maximum Gasteiger partial charge on any atom is 0.318 e. The number of aromatic nitrogens is 2. The molecule has 1 N–H and O–H groups in total. The third kappa shape index (κ3) is 3.33. The quantitative estimate of drug-likeness (QED) is 0.473. The van der Waals surface area contributed by atoms with E-state index in [1.807, 2.05) is 40.8 Å². The van der Waals surface area contributed by atoms with E-state index in [2.05, 4.69) is 33.2 Å². The molecule has 5 nitrogen and oxygen atoms in total. The summed E-state index contributed by atoms with van der Waals surface area (Å²) in [6.07, 6.45) is 0.896. The standard InChI is InChI=1S/C21H19ClN4OS2/c1-25-16-5-4-13(22)11-15(16)24-19(25)12-23-21(27)26-8-6-17-14(7-10-29-17)20(26)18-3-2-9-28-18/h2-5,7,9-11,20H,6,8,12H2,1H3,(H,23,27). The number of hydrogen-bond acceptors (Lipinski definition) is 4. The van der Waals surface area contributed by atoms with Gasteiger partial charge in [-0.15, -0.1) is 22.7 Å². The first kappa shape index (κ1) is 18.7. The first-order valence-electron chi connectivity index (χ1n) is 9.37.